The number of carboxylic acids is 1. The van der Waals surface area contributed by atoms with E-state index in [2.05, 4.69) is 10.3 Å². The van der Waals surface area contributed by atoms with E-state index in [9.17, 15) is 36.6 Å². The first-order valence-electron chi connectivity index (χ1n) is 9.46. The fourth-order valence-electron chi connectivity index (χ4n) is 3.11. The predicted octanol–water partition coefficient (Wildman–Crippen LogP) is 6.19. The van der Waals surface area contributed by atoms with Gasteiger partial charge in [-0.05, 0) is 47.7 Å². The lowest BCUT2D eigenvalue weighted by Gasteiger charge is -2.22. The van der Waals surface area contributed by atoms with Crippen LogP contribution in [-0.4, -0.2) is 22.0 Å². The van der Waals surface area contributed by atoms with E-state index in [1.54, 1.807) is 38.1 Å². The molecule has 11 heteroatoms. The molecule has 0 spiro atoms. The Morgan fingerprint density at radius 2 is 1.72 bits per heavy atom. The summed E-state index contributed by atoms with van der Waals surface area (Å²) in [5.41, 5.74) is -3.98. The van der Waals surface area contributed by atoms with Crippen LogP contribution in [0.4, 0.5) is 27.6 Å². The topological polar surface area (TPSA) is 79.3 Å². The average Bonchev–Trinajstić information content (AvgIpc) is 2.65. The molecule has 174 valence electrons. The summed E-state index contributed by atoms with van der Waals surface area (Å²) in [5.74, 6) is -2.65. The number of pyridine rings is 1. The van der Waals surface area contributed by atoms with Crippen LogP contribution in [0.2, 0.25) is 0 Å². The number of rotatable bonds is 8. The third-order valence-corrected chi connectivity index (χ3v) is 5.34. The molecule has 32 heavy (non-hydrogen) atoms. The molecular formula is C21H21F5N2O3S. The van der Waals surface area contributed by atoms with Gasteiger partial charge >= 0.3 is 12.1 Å². The second kappa shape index (κ2) is 10.3. The first-order chi connectivity index (χ1) is 14.8. The minimum atomic E-state index is -5.04. The second-order valence-corrected chi connectivity index (χ2v) is 8.42. The van der Waals surface area contributed by atoms with Gasteiger partial charge in [0.2, 0.25) is 5.91 Å². The largest absolute Gasteiger partial charge is 0.478 e. The number of carbonyl (C=O) groups excluding carboxylic acids is 1. The van der Waals surface area contributed by atoms with Crippen molar-refractivity contribution in [1.29, 1.82) is 0 Å². The number of amides is 1. The van der Waals surface area contributed by atoms with Gasteiger partial charge < -0.3 is 10.4 Å². The standard InChI is InChI=1S/C21H21F5N2O3S/c1-10(2)8-14-15(9-32-13-6-4-12(5-7-13)27-11(3)29)18(21(24,25)26)28-17(19(22)23)16(14)20(30)31/h4-7,10,19H,8-9H2,1-3H3,(H,27,29)(H,30,31). The second-order valence-electron chi connectivity index (χ2n) is 7.37. The van der Waals surface area contributed by atoms with E-state index in [1.807, 2.05) is 0 Å². The van der Waals surface area contributed by atoms with Crippen molar-refractivity contribution in [3.8, 4) is 0 Å². The fraction of sp³-hybridized carbons (Fsp3) is 0.381. The molecule has 0 unspecified atom stereocenters. The van der Waals surface area contributed by atoms with Crippen LogP contribution in [0.5, 0.6) is 0 Å². The van der Waals surface area contributed by atoms with E-state index in [0.29, 0.717) is 10.6 Å². The van der Waals surface area contributed by atoms with Crippen molar-refractivity contribution >= 4 is 29.3 Å². The van der Waals surface area contributed by atoms with E-state index in [0.717, 1.165) is 11.8 Å². The highest BCUT2D eigenvalue weighted by atomic mass is 32.2. The SMILES string of the molecule is CC(=O)Nc1ccc(SCc2c(C(F)(F)F)nc(C(F)F)c(C(=O)O)c2CC(C)C)cc1. The first kappa shape index (κ1) is 25.6. The van der Waals surface area contributed by atoms with Crippen molar-refractivity contribution in [1.82, 2.24) is 4.98 Å². The van der Waals surface area contributed by atoms with E-state index < -0.39 is 41.1 Å². The highest BCUT2D eigenvalue weighted by Gasteiger charge is 2.40. The van der Waals surface area contributed by atoms with Gasteiger partial charge in [-0.25, -0.2) is 18.6 Å². The molecule has 1 aromatic heterocycles. The molecule has 1 aromatic carbocycles. The maximum atomic E-state index is 13.7. The number of anilines is 1. The Morgan fingerprint density at radius 1 is 1.12 bits per heavy atom. The molecule has 2 aromatic rings. The van der Waals surface area contributed by atoms with E-state index >= 15 is 0 Å². The minimum Gasteiger partial charge on any atom is -0.478 e. The third-order valence-electron chi connectivity index (χ3n) is 4.30. The molecule has 0 radical (unpaired) electrons. The summed E-state index contributed by atoms with van der Waals surface area (Å²) < 4.78 is 68.1. The third kappa shape index (κ3) is 6.41. The number of aromatic carboxylic acids is 1. The summed E-state index contributed by atoms with van der Waals surface area (Å²) in [6.45, 7) is 4.63. The van der Waals surface area contributed by atoms with Gasteiger partial charge in [0.05, 0.1) is 5.56 Å². The maximum absolute atomic E-state index is 13.7. The molecule has 0 saturated heterocycles. The zero-order valence-corrected chi connectivity index (χ0v) is 18.2. The van der Waals surface area contributed by atoms with Gasteiger partial charge in [-0.15, -0.1) is 11.8 Å². The summed E-state index contributed by atoms with van der Waals surface area (Å²) >= 11 is 0.974. The average molecular weight is 476 g/mol. The Morgan fingerprint density at radius 3 is 2.16 bits per heavy atom. The number of hydrogen-bond acceptors (Lipinski definition) is 4. The number of aromatic nitrogens is 1. The lowest BCUT2D eigenvalue weighted by molar-refractivity contribution is -0.142. The van der Waals surface area contributed by atoms with Crippen LogP contribution in [0.25, 0.3) is 0 Å². The molecule has 0 saturated carbocycles. The van der Waals surface area contributed by atoms with Crippen LogP contribution in [0, 0.1) is 5.92 Å². The summed E-state index contributed by atoms with van der Waals surface area (Å²) in [5, 5.41) is 12.1. The summed E-state index contributed by atoms with van der Waals surface area (Å²) in [7, 11) is 0. The highest BCUT2D eigenvalue weighted by Crippen LogP contribution is 2.40. The molecule has 5 nitrogen and oxygen atoms in total. The van der Waals surface area contributed by atoms with Gasteiger partial charge in [-0.3, -0.25) is 4.79 Å². The van der Waals surface area contributed by atoms with Gasteiger partial charge in [0.25, 0.3) is 6.43 Å². The van der Waals surface area contributed by atoms with Crippen molar-refractivity contribution in [2.75, 3.05) is 5.32 Å². The molecule has 2 rings (SSSR count). The fourth-order valence-corrected chi connectivity index (χ4v) is 4.06. The molecule has 0 bridgehead atoms. The van der Waals surface area contributed by atoms with Gasteiger partial charge in [0, 0.05) is 23.3 Å². The van der Waals surface area contributed by atoms with Crippen molar-refractivity contribution in [3.63, 3.8) is 0 Å². The smallest absolute Gasteiger partial charge is 0.433 e. The molecule has 1 amide bonds. The summed E-state index contributed by atoms with van der Waals surface area (Å²) in [6.07, 6.45) is -8.65. The van der Waals surface area contributed by atoms with Crippen LogP contribution >= 0.6 is 11.8 Å². The maximum Gasteiger partial charge on any atom is 0.433 e. The first-order valence-corrected chi connectivity index (χ1v) is 10.4. The van der Waals surface area contributed by atoms with Gasteiger partial charge in [-0.1, -0.05) is 13.8 Å². The zero-order chi connectivity index (χ0) is 24.2. The summed E-state index contributed by atoms with van der Waals surface area (Å²) in [4.78, 5) is 26.5. The number of hydrogen-bond donors (Lipinski definition) is 2. The number of benzene rings is 1. The Balaban J connectivity index is 2.58. The minimum absolute atomic E-state index is 0.135. The molecule has 1 heterocycles. The van der Waals surface area contributed by atoms with Crippen LogP contribution in [0.3, 0.4) is 0 Å². The number of nitrogens with zero attached hydrogens (tertiary/aromatic N) is 1. The Hall–Kier alpha value is -2.69. The van der Waals surface area contributed by atoms with Gasteiger partial charge in [0.15, 0.2) is 0 Å². The summed E-state index contributed by atoms with van der Waals surface area (Å²) in [6, 6.07) is 6.27. The van der Waals surface area contributed by atoms with Crippen LogP contribution in [0.15, 0.2) is 29.2 Å². The van der Waals surface area contributed by atoms with E-state index in [4.69, 9.17) is 0 Å². The monoisotopic (exact) mass is 476 g/mol. The molecule has 0 fully saturated rings. The Labute approximate surface area is 185 Å². The molecule has 0 aliphatic rings. The number of halogens is 5. The van der Waals surface area contributed by atoms with Crippen molar-refractivity contribution < 1.29 is 36.6 Å². The molecular weight excluding hydrogens is 455 g/mol. The van der Waals surface area contributed by atoms with Crippen LogP contribution in [-0.2, 0) is 23.1 Å². The zero-order valence-electron chi connectivity index (χ0n) is 17.4. The highest BCUT2D eigenvalue weighted by molar-refractivity contribution is 7.98. The molecule has 0 aliphatic carbocycles. The lowest BCUT2D eigenvalue weighted by Crippen LogP contribution is -2.21. The Kier molecular flexibility index (Phi) is 8.22. The molecule has 0 aliphatic heterocycles. The molecule has 0 atom stereocenters. The van der Waals surface area contributed by atoms with E-state index in [-0.39, 0.29) is 29.6 Å². The van der Waals surface area contributed by atoms with Crippen molar-refractivity contribution in [2.24, 2.45) is 5.92 Å². The predicted molar refractivity (Wildman–Crippen MR) is 110 cm³/mol. The number of carboxylic acid groups (broad SMARTS) is 1. The van der Waals surface area contributed by atoms with Crippen molar-refractivity contribution in [3.05, 3.63) is 52.3 Å². The quantitative estimate of drug-likeness (QED) is 0.351. The van der Waals surface area contributed by atoms with Gasteiger partial charge in [-0.2, -0.15) is 13.2 Å². The number of nitrogens with one attached hydrogen (secondary N) is 1. The van der Waals surface area contributed by atoms with Crippen molar-refractivity contribution in [2.45, 2.75) is 50.4 Å². The van der Waals surface area contributed by atoms with Gasteiger partial charge in [0.1, 0.15) is 11.4 Å². The van der Waals surface area contributed by atoms with E-state index in [1.165, 1.54) is 6.92 Å². The Bertz CT molecular complexity index is 992. The number of alkyl halides is 5. The number of thioether (sulfide) groups is 1. The normalized spacial score (nSPS) is 11.8. The molecule has 2 N–H and O–H groups in total. The van der Waals surface area contributed by atoms with Crippen LogP contribution < -0.4 is 5.32 Å². The lowest BCUT2D eigenvalue weighted by atomic mass is 9.91. The number of carbonyl (C=O) groups is 2. The van der Waals surface area contributed by atoms with Crippen LogP contribution in [0.1, 0.15) is 60.1 Å².